The molecule has 0 bridgehead atoms. The molecule has 0 radical (unpaired) electrons. The normalized spacial score (nSPS) is 15.9. The molecule has 0 aliphatic carbocycles. The Hall–Kier alpha value is -2.03. The molecule has 6 heteroatoms. The molecule has 1 aliphatic rings. The summed E-state index contributed by atoms with van der Waals surface area (Å²) in [5.74, 6) is 3.84. The van der Waals surface area contributed by atoms with Crippen LogP contribution in [0.5, 0.6) is 0 Å². The lowest BCUT2D eigenvalue weighted by atomic mass is 9.95. The average Bonchev–Trinajstić information content (AvgIpc) is 2.34. The Labute approximate surface area is 144 Å². The number of esters is 1. The van der Waals surface area contributed by atoms with E-state index in [2.05, 4.69) is 11.8 Å². The Morgan fingerprint density at radius 3 is 2.17 bits per heavy atom. The van der Waals surface area contributed by atoms with E-state index < -0.39 is 17.6 Å². The summed E-state index contributed by atoms with van der Waals surface area (Å²) in [6.07, 6.45) is 0. The minimum Gasteiger partial charge on any atom is -0.458 e. The monoisotopic (exact) mass is 336 g/mol. The summed E-state index contributed by atoms with van der Waals surface area (Å²) in [6.45, 7) is 11.4. The molecule has 0 aromatic heterocycles. The molecular formula is C18H28N2O4. The highest BCUT2D eigenvalue weighted by Gasteiger charge is 2.41. The predicted octanol–water partition coefficient (Wildman–Crippen LogP) is 1.29. The largest absolute Gasteiger partial charge is 0.458 e. The fourth-order valence-corrected chi connectivity index (χ4v) is 2.65. The van der Waals surface area contributed by atoms with E-state index in [1.807, 2.05) is 13.8 Å². The van der Waals surface area contributed by atoms with Gasteiger partial charge in [-0.2, -0.15) is 0 Å². The van der Waals surface area contributed by atoms with Crippen LogP contribution in [0.1, 0.15) is 41.5 Å². The number of amides is 2. The zero-order valence-electron chi connectivity index (χ0n) is 15.7. The van der Waals surface area contributed by atoms with E-state index in [0.29, 0.717) is 13.1 Å². The van der Waals surface area contributed by atoms with Gasteiger partial charge in [-0.05, 0) is 39.5 Å². The highest BCUT2D eigenvalue weighted by atomic mass is 16.6. The molecule has 1 rings (SSSR count). The minimum absolute atomic E-state index is 0.0717. The van der Waals surface area contributed by atoms with Crippen molar-refractivity contribution in [1.29, 1.82) is 0 Å². The molecule has 6 nitrogen and oxygen atoms in total. The van der Waals surface area contributed by atoms with Crippen LogP contribution in [-0.2, 0) is 19.1 Å². The van der Waals surface area contributed by atoms with Gasteiger partial charge in [0.05, 0.1) is 5.92 Å². The van der Waals surface area contributed by atoms with Gasteiger partial charge in [-0.25, -0.2) is 4.79 Å². The van der Waals surface area contributed by atoms with E-state index in [1.54, 1.807) is 34.7 Å². The van der Waals surface area contributed by atoms with Crippen molar-refractivity contribution in [1.82, 2.24) is 9.80 Å². The third-order valence-electron chi connectivity index (χ3n) is 3.79. The first-order chi connectivity index (χ1) is 11.0. The summed E-state index contributed by atoms with van der Waals surface area (Å²) in [4.78, 5) is 39.7. The van der Waals surface area contributed by atoms with E-state index in [9.17, 15) is 14.4 Å². The van der Waals surface area contributed by atoms with Gasteiger partial charge in [0.1, 0.15) is 11.6 Å². The zero-order valence-corrected chi connectivity index (χ0v) is 15.7. The fourth-order valence-electron chi connectivity index (χ4n) is 2.65. The summed E-state index contributed by atoms with van der Waals surface area (Å²) in [6, 6.07) is -0.642. The first kappa shape index (κ1) is 20.0. The van der Waals surface area contributed by atoms with E-state index in [4.69, 9.17) is 4.74 Å². The van der Waals surface area contributed by atoms with E-state index in [0.717, 1.165) is 0 Å². The number of rotatable bonds is 4. The molecule has 1 saturated heterocycles. The first-order valence-corrected chi connectivity index (χ1v) is 8.19. The van der Waals surface area contributed by atoms with Crippen molar-refractivity contribution < 1.29 is 19.1 Å². The summed E-state index contributed by atoms with van der Waals surface area (Å²) < 4.78 is 5.44. The van der Waals surface area contributed by atoms with Crippen LogP contribution in [0.3, 0.4) is 0 Å². The van der Waals surface area contributed by atoms with Gasteiger partial charge in [-0.3, -0.25) is 9.59 Å². The second-order valence-corrected chi connectivity index (χ2v) is 7.45. The number of likely N-dealkylation sites (N-methyl/N-ethyl adjacent to an activating group) is 1. The molecule has 24 heavy (non-hydrogen) atoms. The molecule has 0 spiro atoms. The zero-order chi connectivity index (χ0) is 18.7. The molecule has 0 unspecified atom stereocenters. The van der Waals surface area contributed by atoms with E-state index >= 15 is 0 Å². The molecular weight excluding hydrogens is 308 g/mol. The van der Waals surface area contributed by atoms with Gasteiger partial charge >= 0.3 is 5.97 Å². The Morgan fingerprint density at radius 2 is 1.75 bits per heavy atom. The molecule has 0 N–H and O–H groups in total. The standard InChI is InChI=1S/C18H28N2O4/c1-8-9-14(21)20-10-13(11-20)16(22)19(7)15(12(2)3)17(23)24-18(4,5)6/h12-13,15H,10-11H2,1-7H3/t15-/m0/s1. The van der Waals surface area contributed by atoms with Crippen molar-refractivity contribution in [2.45, 2.75) is 53.2 Å². The van der Waals surface area contributed by atoms with Crippen LogP contribution in [0.15, 0.2) is 0 Å². The third-order valence-corrected chi connectivity index (χ3v) is 3.79. The second kappa shape index (κ2) is 7.69. The smallest absolute Gasteiger partial charge is 0.329 e. The van der Waals surface area contributed by atoms with Crippen LogP contribution < -0.4 is 0 Å². The van der Waals surface area contributed by atoms with Crippen molar-refractivity contribution in [3.63, 3.8) is 0 Å². The van der Waals surface area contributed by atoms with Crippen molar-refractivity contribution in [2.75, 3.05) is 20.1 Å². The number of ether oxygens (including phenoxy) is 1. The van der Waals surface area contributed by atoms with Crippen molar-refractivity contribution in [3.8, 4) is 11.8 Å². The number of likely N-dealkylation sites (tertiary alicyclic amines) is 1. The van der Waals surface area contributed by atoms with Crippen molar-refractivity contribution in [2.24, 2.45) is 11.8 Å². The highest BCUT2D eigenvalue weighted by molar-refractivity contribution is 5.95. The molecule has 0 aromatic carbocycles. The van der Waals surface area contributed by atoms with E-state index in [1.165, 1.54) is 9.80 Å². The van der Waals surface area contributed by atoms with Gasteiger partial charge in [-0.1, -0.05) is 19.8 Å². The van der Waals surface area contributed by atoms with Gasteiger partial charge in [-0.15, -0.1) is 0 Å². The molecule has 2 amide bonds. The maximum atomic E-state index is 12.6. The number of hydrogen-bond donors (Lipinski definition) is 0. The SMILES string of the molecule is CC#CC(=O)N1CC(C(=O)N(C)[C@H](C(=O)OC(C)(C)C)C(C)C)C1. The fraction of sp³-hybridized carbons (Fsp3) is 0.722. The summed E-state index contributed by atoms with van der Waals surface area (Å²) in [7, 11) is 1.62. The van der Waals surface area contributed by atoms with Gasteiger partial charge in [0.15, 0.2) is 0 Å². The number of carbonyl (C=O) groups is 3. The van der Waals surface area contributed by atoms with Crippen LogP contribution >= 0.6 is 0 Å². The Bertz CT molecular complexity index is 560. The quantitative estimate of drug-likeness (QED) is 0.573. The molecule has 0 aromatic rings. The maximum absolute atomic E-state index is 12.6. The lowest BCUT2D eigenvalue weighted by molar-refractivity contribution is -0.168. The van der Waals surface area contributed by atoms with Crippen LogP contribution in [0.25, 0.3) is 0 Å². The van der Waals surface area contributed by atoms with Gasteiger partial charge in [0.2, 0.25) is 5.91 Å². The Balaban J connectivity index is 2.73. The van der Waals surface area contributed by atoms with Crippen LogP contribution in [-0.4, -0.2) is 59.4 Å². The summed E-state index contributed by atoms with van der Waals surface area (Å²) >= 11 is 0. The molecule has 134 valence electrons. The van der Waals surface area contributed by atoms with Crippen LogP contribution in [0, 0.1) is 23.7 Å². The highest BCUT2D eigenvalue weighted by Crippen LogP contribution is 2.22. The molecule has 1 atom stereocenters. The molecule has 1 heterocycles. The maximum Gasteiger partial charge on any atom is 0.329 e. The lowest BCUT2D eigenvalue weighted by Gasteiger charge is -2.41. The van der Waals surface area contributed by atoms with Crippen LogP contribution in [0.4, 0.5) is 0 Å². The summed E-state index contributed by atoms with van der Waals surface area (Å²) in [5, 5.41) is 0. The molecule has 0 saturated carbocycles. The van der Waals surface area contributed by atoms with Gasteiger partial charge in [0, 0.05) is 20.1 Å². The van der Waals surface area contributed by atoms with Crippen molar-refractivity contribution in [3.05, 3.63) is 0 Å². The third kappa shape index (κ3) is 4.98. The topological polar surface area (TPSA) is 66.9 Å². The Morgan fingerprint density at radius 1 is 1.21 bits per heavy atom. The minimum atomic E-state index is -0.642. The average molecular weight is 336 g/mol. The molecule has 1 aliphatic heterocycles. The summed E-state index contributed by atoms with van der Waals surface area (Å²) in [5.41, 5.74) is -0.605. The van der Waals surface area contributed by atoms with Gasteiger partial charge < -0.3 is 14.5 Å². The number of carbonyl (C=O) groups excluding carboxylic acids is 3. The molecule has 1 fully saturated rings. The van der Waals surface area contributed by atoms with Crippen LogP contribution in [0.2, 0.25) is 0 Å². The Kier molecular flexibility index (Phi) is 6.42. The van der Waals surface area contributed by atoms with Gasteiger partial charge in [0.25, 0.3) is 5.91 Å². The van der Waals surface area contributed by atoms with E-state index in [-0.39, 0.29) is 23.7 Å². The number of nitrogens with zero attached hydrogens (tertiary/aromatic N) is 2. The van der Waals surface area contributed by atoms with Crippen molar-refractivity contribution >= 4 is 17.8 Å². The second-order valence-electron chi connectivity index (χ2n) is 7.45. The predicted molar refractivity (Wildman–Crippen MR) is 90.8 cm³/mol. The first-order valence-electron chi connectivity index (χ1n) is 8.19. The number of hydrogen-bond acceptors (Lipinski definition) is 4. The lowest BCUT2D eigenvalue weighted by Crippen LogP contribution is -2.58.